The van der Waals surface area contributed by atoms with Crippen molar-refractivity contribution in [2.24, 2.45) is 11.8 Å². The molecule has 2 aliphatic heterocycles. The Morgan fingerprint density at radius 3 is 3.00 bits per heavy atom. The lowest BCUT2D eigenvalue weighted by Crippen LogP contribution is -2.46. The second kappa shape index (κ2) is 7.14. The van der Waals surface area contributed by atoms with Crippen LogP contribution < -0.4 is 9.47 Å². The third kappa shape index (κ3) is 3.16. The van der Waals surface area contributed by atoms with Crippen LogP contribution in [0.4, 0.5) is 0 Å². The van der Waals surface area contributed by atoms with Crippen molar-refractivity contribution in [3.8, 4) is 11.5 Å². The molecule has 132 valence electrons. The first-order valence-electron chi connectivity index (χ1n) is 13.4. The number of nitrogens with zero attached hydrogens (tertiary/aromatic N) is 1. The van der Waals surface area contributed by atoms with Crippen LogP contribution in [0.1, 0.15) is 65.2 Å². The lowest BCUT2D eigenvalue weighted by atomic mass is 9.79. The van der Waals surface area contributed by atoms with Crippen LogP contribution in [0.3, 0.4) is 0 Å². The predicted octanol–water partition coefficient (Wildman–Crippen LogP) is 3.63. The van der Waals surface area contributed by atoms with E-state index in [1.165, 1.54) is 13.2 Å². The van der Waals surface area contributed by atoms with Gasteiger partial charge in [0.25, 0.3) is 0 Å². The quantitative estimate of drug-likeness (QED) is 0.819. The highest BCUT2D eigenvalue weighted by Gasteiger charge is 2.38. The molecule has 3 rings (SSSR count). The molecule has 0 radical (unpaired) electrons. The molecule has 1 aromatic rings. The van der Waals surface area contributed by atoms with Crippen LogP contribution >= 0.6 is 0 Å². The number of methoxy groups -OCH3 is 2. The Morgan fingerprint density at radius 2 is 2.29 bits per heavy atom. The van der Waals surface area contributed by atoms with Gasteiger partial charge in [-0.1, -0.05) is 20.1 Å². The molecule has 2 aliphatic rings. The van der Waals surface area contributed by atoms with Gasteiger partial charge in [-0.2, -0.15) is 0 Å². The zero-order valence-corrected chi connectivity index (χ0v) is 13.8. The molecule has 3 atom stereocenters. The number of hydrogen-bond donors (Lipinski definition) is 0. The number of piperidine rings is 1. The minimum absolute atomic E-state index is 0.0234. The van der Waals surface area contributed by atoms with Gasteiger partial charge < -0.3 is 9.47 Å². The van der Waals surface area contributed by atoms with Crippen molar-refractivity contribution in [3.63, 3.8) is 0 Å². The maximum absolute atomic E-state index is 13.2. The van der Waals surface area contributed by atoms with Gasteiger partial charge in [-0.05, 0) is 41.9 Å². The van der Waals surface area contributed by atoms with E-state index in [1.54, 1.807) is 11.0 Å². The summed E-state index contributed by atoms with van der Waals surface area (Å²) in [5.41, 5.74) is 1.44. The van der Waals surface area contributed by atoms with Crippen molar-refractivity contribution in [1.82, 2.24) is 4.90 Å². The summed E-state index contributed by atoms with van der Waals surface area (Å²) in [5, 5.41) is 0. The summed E-state index contributed by atoms with van der Waals surface area (Å²) in [6.45, 7) is -2.29. The molecule has 4 heteroatoms. The van der Waals surface area contributed by atoms with E-state index in [1.807, 2.05) is 0 Å². The van der Waals surface area contributed by atoms with Crippen LogP contribution in [0.2, 0.25) is 0 Å². The first-order chi connectivity index (χ1) is 15.7. The van der Waals surface area contributed by atoms with E-state index < -0.39 is 50.3 Å². The standard InChI is InChI=1S/C20H29NO3/c1-5-13(2)8-15-12-21-7-6-14-9-19(23-3)20(24-4)10-16(14)17(21)11-18(15)22/h9-10,13,15,17H,5-8,11-12H2,1-4H3/i2D3,4D3,5D2,8D2,13D. The van der Waals surface area contributed by atoms with Gasteiger partial charge >= 0.3 is 0 Å². The van der Waals surface area contributed by atoms with Crippen LogP contribution in [-0.2, 0) is 11.2 Å². The third-order valence-electron chi connectivity index (χ3n) is 4.77. The van der Waals surface area contributed by atoms with Gasteiger partial charge in [0.15, 0.2) is 11.5 Å². The number of hydrogen-bond acceptors (Lipinski definition) is 4. The maximum Gasteiger partial charge on any atom is 0.161 e. The molecule has 0 amide bonds. The lowest BCUT2D eigenvalue weighted by molar-refractivity contribution is -0.129. The summed E-state index contributed by atoms with van der Waals surface area (Å²) >= 11 is 0. The number of fused-ring (bicyclic) bond motifs is 3. The summed E-state index contributed by atoms with van der Waals surface area (Å²) in [4.78, 5) is 15.0. The molecule has 24 heavy (non-hydrogen) atoms. The van der Waals surface area contributed by atoms with Crippen LogP contribution in [0, 0.1) is 11.8 Å². The number of carbonyl (C=O) groups excluding carboxylic acids is 1. The molecule has 0 bridgehead atoms. The Kier molecular flexibility index (Phi) is 2.44. The van der Waals surface area contributed by atoms with Crippen molar-refractivity contribution in [3.05, 3.63) is 23.3 Å². The molecule has 1 aromatic carbocycles. The minimum atomic E-state index is -3.33. The van der Waals surface area contributed by atoms with E-state index in [0.29, 0.717) is 18.5 Å². The molecular formula is C20H29NO3. The second-order valence-electron chi connectivity index (χ2n) is 6.06. The molecule has 2 heterocycles. The number of benzene rings is 1. The average molecular weight is 343 g/mol. The molecule has 0 aliphatic carbocycles. The van der Waals surface area contributed by atoms with Gasteiger partial charge in [0.1, 0.15) is 5.78 Å². The predicted molar refractivity (Wildman–Crippen MR) is 94.8 cm³/mol. The van der Waals surface area contributed by atoms with E-state index >= 15 is 0 Å². The van der Waals surface area contributed by atoms with Crippen molar-refractivity contribution >= 4 is 5.78 Å². The second-order valence-corrected chi connectivity index (χ2v) is 6.06. The van der Waals surface area contributed by atoms with Gasteiger partial charge in [-0.25, -0.2) is 0 Å². The van der Waals surface area contributed by atoms with Crippen LogP contribution in [0.5, 0.6) is 11.5 Å². The van der Waals surface area contributed by atoms with Crippen molar-refractivity contribution in [2.75, 3.05) is 27.2 Å². The van der Waals surface area contributed by atoms with Crippen LogP contribution in [0.15, 0.2) is 12.1 Å². The summed E-state index contributed by atoms with van der Waals surface area (Å²) in [7, 11) is -1.35. The van der Waals surface area contributed by atoms with E-state index in [4.69, 9.17) is 24.6 Å². The molecule has 0 aromatic heterocycles. The Hall–Kier alpha value is -1.55. The Labute approximate surface area is 160 Å². The number of rotatable bonds is 5. The smallest absolute Gasteiger partial charge is 0.161 e. The van der Waals surface area contributed by atoms with Gasteiger partial charge in [-0.15, -0.1) is 0 Å². The lowest BCUT2D eigenvalue weighted by Gasteiger charge is -2.43. The summed E-state index contributed by atoms with van der Waals surface area (Å²) < 4.78 is 97.5. The van der Waals surface area contributed by atoms with Crippen molar-refractivity contribution in [2.45, 2.75) is 45.4 Å². The van der Waals surface area contributed by atoms with Gasteiger partial charge in [-0.3, -0.25) is 9.69 Å². The number of ketones is 1. The molecule has 4 nitrogen and oxygen atoms in total. The van der Waals surface area contributed by atoms with E-state index in [9.17, 15) is 4.79 Å². The largest absolute Gasteiger partial charge is 0.493 e. The number of Topliss-reactive ketones (excluding diaryl/α,β-unsaturated/α-hetero) is 1. The number of carbonyl (C=O) groups is 1. The van der Waals surface area contributed by atoms with Crippen LogP contribution in [-0.4, -0.2) is 37.9 Å². The zero-order chi connectivity index (χ0) is 26.8. The van der Waals surface area contributed by atoms with Gasteiger partial charge in [0.05, 0.1) is 18.3 Å². The molecular weight excluding hydrogens is 302 g/mol. The fourth-order valence-electron chi connectivity index (χ4n) is 3.50. The highest BCUT2D eigenvalue weighted by molar-refractivity contribution is 5.83. The molecule has 0 spiro atoms. The average Bonchev–Trinajstić information content (AvgIpc) is 2.69. The van der Waals surface area contributed by atoms with E-state index in [0.717, 1.165) is 12.5 Å². The normalized spacial score (nSPS) is 35.2. The zero-order valence-electron chi connectivity index (χ0n) is 24.8. The molecule has 1 saturated heterocycles. The first-order valence-corrected chi connectivity index (χ1v) is 7.91. The Balaban J connectivity index is 2.00. The fourth-order valence-corrected chi connectivity index (χ4v) is 3.50. The van der Waals surface area contributed by atoms with Gasteiger partial charge in [0, 0.05) is 42.4 Å². The maximum atomic E-state index is 13.2. The molecule has 0 saturated carbocycles. The molecule has 1 fully saturated rings. The first kappa shape index (κ1) is 8.22. The SMILES string of the molecule is [2H]C([2H])([2H])Oc1cc2c(cc1OC)CCN1CC(C([2H])([2H])C([2H])(C([2H])([2H])[2H])C([2H])([2H])C)C(=O)CC21. The fraction of sp³-hybridized carbons (Fsp3) is 0.650. The topological polar surface area (TPSA) is 38.8 Å². The molecule has 3 unspecified atom stereocenters. The monoisotopic (exact) mass is 342 g/mol. The summed E-state index contributed by atoms with van der Waals surface area (Å²) in [6.07, 6.45) is -5.51. The Bertz CT molecular complexity index is 970. The van der Waals surface area contributed by atoms with Crippen molar-refractivity contribution in [1.29, 1.82) is 0 Å². The van der Waals surface area contributed by atoms with Gasteiger partial charge in [0.2, 0.25) is 0 Å². The highest BCUT2D eigenvalue weighted by atomic mass is 16.5. The minimum Gasteiger partial charge on any atom is -0.493 e. The summed E-state index contributed by atoms with van der Waals surface area (Å²) in [6, 6.07) is 2.62. The summed E-state index contributed by atoms with van der Waals surface area (Å²) in [5.74, 6) is -5.15. The van der Waals surface area contributed by atoms with Crippen molar-refractivity contribution < 1.29 is 29.3 Å². The Morgan fingerprint density at radius 1 is 1.46 bits per heavy atom. The van der Waals surface area contributed by atoms with E-state index in [2.05, 4.69) is 0 Å². The highest BCUT2D eigenvalue weighted by Crippen LogP contribution is 2.42. The van der Waals surface area contributed by atoms with E-state index in [-0.39, 0.29) is 24.5 Å². The third-order valence-corrected chi connectivity index (χ3v) is 4.77. The van der Waals surface area contributed by atoms with Crippen LogP contribution in [0.25, 0.3) is 0 Å². The molecule has 0 N–H and O–H groups in total. The number of ether oxygens (including phenoxy) is 2.